The Bertz CT molecular complexity index is 1480. The maximum atomic E-state index is 13.0. The molecule has 0 fully saturated rings. The molecule has 4 rings (SSSR count). The van der Waals surface area contributed by atoms with E-state index in [1.165, 1.54) is 4.57 Å². The predicted octanol–water partition coefficient (Wildman–Crippen LogP) is 3.26. The molecule has 0 radical (unpaired) electrons. The van der Waals surface area contributed by atoms with Crippen molar-refractivity contribution in [2.75, 3.05) is 0 Å². The number of fused-ring (bicyclic) bond motifs is 1. The number of H-pyrrole nitrogens is 1. The Kier molecular flexibility index (Phi) is 6.99. The van der Waals surface area contributed by atoms with Crippen LogP contribution in [0.15, 0.2) is 40.2 Å². The fourth-order valence-corrected chi connectivity index (χ4v) is 4.38. The van der Waals surface area contributed by atoms with E-state index >= 15 is 0 Å². The highest BCUT2D eigenvalue weighted by molar-refractivity contribution is 5.91. The minimum atomic E-state index is -0.490. The van der Waals surface area contributed by atoms with Gasteiger partial charge in [0.2, 0.25) is 0 Å². The molecule has 10 nitrogen and oxygen atoms in total. The van der Waals surface area contributed by atoms with Gasteiger partial charge in [-0.15, -0.1) is 0 Å². The van der Waals surface area contributed by atoms with Crippen LogP contribution in [0.1, 0.15) is 60.7 Å². The van der Waals surface area contributed by atoms with Crippen molar-refractivity contribution in [3.05, 3.63) is 74.2 Å². The van der Waals surface area contributed by atoms with Gasteiger partial charge in [0.15, 0.2) is 11.2 Å². The molecule has 0 aliphatic rings. The third-order valence-electron chi connectivity index (χ3n) is 6.03. The normalized spacial score (nSPS) is 11.3. The van der Waals surface area contributed by atoms with Crippen molar-refractivity contribution in [3.63, 3.8) is 0 Å². The van der Waals surface area contributed by atoms with E-state index in [1.54, 1.807) is 23.0 Å². The zero-order chi connectivity index (χ0) is 25.1. The van der Waals surface area contributed by atoms with Gasteiger partial charge in [0, 0.05) is 30.7 Å². The van der Waals surface area contributed by atoms with Crippen LogP contribution in [0.4, 0.5) is 0 Å². The van der Waals surface area contributed by atoms with Crippen molar-refractivity contribution in [3.8, 4) is 5.69 Å². The van der Waals surface area contributed by atoms with Crippen LogP contribution in [-0.2, 0) is 24.4 Å². The average molecular weight is 479 g/mol. The fraction of sp³-hybridized carbons (Fsp3) is 0.400. The molecule has 0 saturated carbocycles. The second-order valence-electron chi connectivity index (χ2n) is 8.52. The molecule has 4 heterocycles. The minimum Gasteiger partial charge on any atom is -0.454 e. The molecule has 0 bridgehead atoms. The Morgan fingerprint density at radius 3 is 2.60 bits per heavy atom. The largest absolute Gasteiger partial charge is 0.454 e. The monoisotopic (exact) mass is 478 g/mol. The van der Waals surface area contributed by atoms with E-state index in [-0.39, 0.29) is 6.61 Å². The maximum absolute atomic E-state index is 13.0. The number of nitrogens with one attached hydrogen (secondary N) is 1. The number of carbonyl (C=O) groups excluding carboxylic acids is 1. The number of esters is 1. The van der Waals surface area contributed by atoms with Gasteiger partial charge in [0.1, 0.15) is 12.4 Å². The number of imidazole rings is 1. The standard InChI is InChI=1S/C25H30N6O4/c1-5-7-12-30-22-21(23(32)28-25(30)34)29(11-6-2)20(27-22)15-35-24(33)19-13-16(3)31(17(19)4)18-9-8-10-26-14-18/h8-10,13-14H,5-7,11-12,15H2,1-4H3,(H,28,32,34). The van der Waals surface area contributed by atoms with E-state index < -0.39 is 17.2 Å². The second-order valence-corrected chi connectivity index (χ2v) is 8.52. The van der Waals surface area contributed by atoms with E-state index in [1.807, 2.05) is 44.4 Å². The number of pyridine rings is 1. The Hall–Kier alpha value is -3.95. The van der Waals surface area contributed by atoms with Crippen LogP contribution in [0.3, 0.4) is 0 Å². The first-order valence-electron chi connectivity index (χ1n) is 11.9. The fourth-order valence-electron chi connectivity index (χ4n) is 4.38. The highest BCUT2D eigenvalue weighted by atomic mass is 16.5. The molecule has 0 unspecified atom stereocenters. The first kappa shape index (κ1) is 24.2. The lowest BCUT2D eigenvalue weighted by Gasteiger charge is -2.10. The number of ether oxygens (including phenoxy) is 1. The summed E-state index contributed by atoms with van der Waals surface area (Å²) in [5.41, 5.74) is 2.60. The van der Waals surface area contributed by atoms with Gasteiger partial charge in [-0.2, -0.15) is 0 Å². The number of aromatic nitrogens is 6. The minimum absolute atomic E-state index is 0.120. The van der Waals surface area contributed by atoms with Gasteiger partial charge >= 0.3 is 11.7 Å². The molecule has 10 heteroatoms. The van der Waals surface area contributed by atoms with Crippen LogP contribution in [0.2, 0.25) is 0 Å². The van der Waals surface area contributed by atoms with Crippen LogP contribution >= 0.6 is 0 Å². The van der Waals surface area contributed by atoms with E-state index in [0.29, 0.717) is 35.6 Å². The van der Waals surface area contributed by atoms with Gasteiger partial charge in [0.25, 0.3) is 5.56 Å². The first-order chi connectivity index (χ1) is 16.9. The number of unbranched alkanes of at least 4 members (excludes halogenated alkanes) is 1. The summed E-state index contributed by atoms with van der Waals surface area (Å²) >= 11 is 0. The van der Waals surface area contributed by atoms with Gasteiger partial charge in [-0.3, -0.25) is 19.3 Å². The van der Waals surface area contributed by atoms with E-state index in [4.69, 9.17) is 4.74 Å². The third kappa shape index (κ3) is 4.55. The lowest BCUT2D eigenvalue weighted by atomic mass is 10.2. The van der Waals surface area contributed by atoms with Gasteiger partial charge < -0.3 is 13.9 Å². The quantitative estimate of drug-likeness (QED) is 0.369. The lowest BCUT2D eigenvalue weighted by Crippen LogP contribution is -2.31. The Morgan fingerprint density at radius 1 is 1.11 bits per heavy atom. The number of rotatable bonds is 9. The SMILES string of the molecule is CCCCn1c(=O)[nH]c(=O)c2c1nc(COC(=O)c1cc(C)n(-c3cccnc3)c1C)n2CCC. The van der Waals surface area contributed by atoms with Crippen LogP contribution in [-0.4, -0.2) is 34.6 Å². The van der Waals surface area contributed by atoms with Gasteiger partial charge in [-0.25, -0.2) is 14.6 Å². The molecule has 0 aliphatic heterocycles. The molecule has 0 aromatic carbocycles. The van der Waals surface area contributed by atoms with Crippen molar-refractivity contribution in [2.24, 2.45) is 0 Å². The smallest absolute Gasteiger partial charge is 0.340 e. The summed E-state index contributed by atoms with van der Waals surface area (Å²) in [6.07, 6.45) is 5.84. The molecule has 0 amide bonds. The van der Waals surface area contributed by atoms with Crippen molar-refractivity contribution >= 4 is 17.1 Å². The molecule has 0 atom stereocenters. The molecule has 0 saturated heterocycles. The number of aromatic amines is 1. The second kappa shape index (κ2) is 10.1. The van der Waals surface area contributed by atoms with Crippen LogP contribution in [0.25, 0.3) is 16.9 Å². The molecule has 1 N–H and O–H groups in total. The van der Waals surface area contributed by atoms with Gasteiger partial charge in [-0.1, -0.05) is 20.3 Å². The highest BCUT2D eigenvalue weighted by Crippen LogP contribution is 2.22. The molecule has 0 spiro atoms. The average Bonchev–Trinajstić information content (AvgIpc) is 3.35. The van der Waals surface area contributed by atoms with Crippen molar-refractivity contribution in [2.45, 2.75) is 66.7 Å². The van der Waals surface area contributed by atoms with Crippen LogP contribution in [0.5, 0.6) is 0 Å². The zero-order valence-electron chi connectivity index (χ0n) is 20.5. The molecule has 4 aromatic rings. The van der Waals surface area contributed by atoms with Crippen LogP contribution in [0, 0.1) is 13.8 Å². The van der Waals surface area contributed by atoms with Gasteiger partial charge in [0.05, 0.1) is 17.4 Å². The first-order valence-corrected chi connectivity index (χ1v) is 11.9. The van der Waals surface area contributed by atoms with E-state index in [2.05, 4.69) is 15.0 Å². The van der Waals surface area contributed by atoms with Crippen molar-refractivity contribution < 1.29 is 9.53 Å². The summed E-state index contributed by atoms with van der Waals surface area (Å²) < 4.78 is 10.8. The number of hydrogen-bond acceptors (Lipinski definition) is 6. The predicted molar refractivity (Wildman–Crippen MR) is 132 cm³/mol. The zero-order valence-corrected chi connectivity index (χ0v) is 20.5. The molecule has 184 valence electrons. The molecule has 0 aliphatic carbocycles. The maximum Gasteiger partial charge on any atom is 0.340 e. The summed E-state index contributed by atoms with van der Waals surface area (Å²) in [4.78, 5) is 49.3. The molecular weight excluding hydrogens is 448 g/mol. The number of hydrogen-bond donors (Lipinski definition) is 1. The van der Waals surface area contributed by atoms with E-state index in [0.717, 1.165) is 36.3 Å². The Morgan fingerprint density at radius 2 is 1.91 bits per heavy atom. The van der Waals surface area contributed by atoms with Crippen molar-refractivity contribution in [1.82, 2.24) is 28.7 Å². The highest BCUT2D eigenvalue weighted by Gasteiger charge is 2.22. The summed E-state index contributed by atoms with van der Waals surface area (Å²) in [5, 5.41) is 0. The summed E-state index contributed by atoms with van der Waals surface area (Å²) in [6, 6.07) is 5.55. The van der Waals surface area contributed by atoms with E-state index in [9.17, 15) is 14.4 Å². The number of carbonyl (C=O) groups is 1. The third-order valence-corrected chi connectivity index (χ3v) is 6.03. The topological polar surface area (TPSA) is 117 Å². The summed E-state index contributed by atoms with van der Waals surface area (Å²) in [5.74, 6) is -0.0572. The number of aryl methyl sites for hydroxylation is 3. The van der Waals surface area contributed by atoms with Crippen molar-refractivity contribution in [1.29, 1.82) is 0 Å². The molecular formula is C25H30N6O4. The molecule has 35 heavy (non-hydrogen) atoms. The van der Waals surface area contributed by atoms with Gasteiger partial charge in [-0.05, 0) is 44.9 Å². The lowest BCUT2D eigenvalue weighted by molar-refractivity contribution is 0.0457. The Balaban J connectivity index is 1.67. The Labute approximate surface area is 202 Å². The summed E-state index contributed by atoms with van der Waals surface area (Å²) in [7, 11) is 0. The molecule has 4 aromatic heterocycles. The number of nitrogens with zero attached hydrogens (tertiary/aromatic N) is 5. The van der Waals surface area contributed by atoms with Crippen LogP contribution < -0.4 is 11.2 Å². The summed E-state index contributed by atoms with van der Waals surface area (Å²) in [6.45, 7) is 8.62.